The quantitative estimate of drug-likeness (QED) is 0.240. The van der Waals surface area contributed by atoms with E-state index in [0.717, 1.165) is 43.0 Å². The summed E-state index contributed by atoms with van der Waals surface area (Å²) in [5, 5.41) is 0.205. The van der Waals surface area contributed by atoms with Crippen LogP contribution < -0.4 is 9.80 Å². The van der Waals surface area contributed by atoms with Crippen molar-refractivity contribution in [2.75, 3.05) is 42.6 Å². The molecule has 0 unspecified atom stereocenters. The second-order valence-corrected chi connectivity index (χ2v) is 13.7. The number of benzene rings is 4. The smallest absolute Gasteiger partial charge is 0.269 e. The summed E-state index contributed by atoms with van der Waals surface area (Å²) in [6.07, 6.45) is 0. The fourth-order valence-electron chi connectivity index (χ4n) is 6.85. The molecule has 224 valence electrons. The molecule has 4 aromatic carbocycles. The topological polar surface area (TPSA) is 47.1 Å². The number of piperazine rings is 1. The maximum atomic E-state index is 14.7. The molecule has 0 saturated carbocycles. The number of hydrogen-bond acceptors (Lipinski definition) is 5. The molecule has 0 aromatic heterocycles. The zero-order valence-corrected chi connectivity index (χ0v) is 26.5. The number of fused-ring (bicyclic) bond motifs is 2. The van der Waals surface area contributed by atoms with Gasteiger partial charge in [-0.2, -0.15) is 0 Å². The molecule has 3 aliphatic heterocycles. The van der Waals surface area contributed by atoms with E-state index in [1.54, 1.807) is 4.90 Å². The Balaban J connectivity index is 1.16. The number of nitrogens with zero attached hydrogens (tertiary/aromatic N) is 4. The lowest BCUT2D eigenvalue weighted by atomic mass is 9.96. The Labute approximate surface area is 268 Å². The number of hydrogen-bond donors (Lipinski definition) is 0. The van der Waals surface area contributed by atoms with Crippen molar-refractivity contribution in [2.24, 2.45) is 0 Å². The van der Waals surface area contributed by atoms with Gasteiger partial charge < -0.3 is 0 Å². The fourth-order valence-corrected chi connectivity index (χ4v) is 8.55. The molecule has 8 heteroatoms. The van der Waals surface area contributed by atoms with Gasteiger partial charge in [0, 0.05) is 42.5 Å². The predicted molar refractivity (Wildman–Crippen MR) is 179 cm³/mol. The molecule has 1 spiro atoms. The van der Waals surface area contributed by atoms with Crippen molar-refractivity contribution in [1.82, 2.24) is 9.80 Å². The van der Waals surface area contributed by atoms with Gasteiger partial charge in [0.1, 0.15) is 0 Å². The lowest BCUT2D eigenvalue weighted by Crippen LogP contribution is -2.54. The number of carbonyl (C=O) groups excluding carboxylic acids is 2. The molecule has 0 aliphatic carbocycles. The zero-order valence-electron chi connectivity index (χ0n) is 24.9. The van der Waals surface area contributed by atoms with Crippen molar-refractivity contribution in [2.45, 2.75) is 30.0 Å². The third kappa shape index (κ3) is 4.83. The monoisotopic (exact) mass is 622 g/mol. The van der Waals surface area contributed by atoms with Gasteiger partial charge in [-0.05, 0) is 48.7 Å². The van der Waals surface area contributed by atoms with Crippen LogP contribution in [-0.4, -0.2) is 59.7 Å². The van der Waals surface area contributed by atoms with Crippen molar-refractivity contribution in [3.8, 4) is 0 Å². The Morgan fingerprint density at radius 1 is 0.841 bits per heavy atom. The highest BCUT2D eigenvalue weighted by atomic mass is 35.5. The molecule has 6 nitrogen and oxygen atoms in total. The van der Waals surface area contributed by atoms with Gasteiger partial charge in [-0.25, -0.2) is 0 Å². The van der Waals surface area contributed by atoms with Crippen LogP contribution in [0.5, 0.6) is 0 Å². The molecule has 3 aliphatic rings. The van der Waals surface area contributed by atoms with Crippen LogP contribution in [0.25, 0.3) is 0 Å². The van der Waals surface area contributed by atoms with Crippen LogP contribution in [0, 0.1) is 6.92 Å². The van der Waals surface area contributed by atoms with Crippen molar-refractivity contribution in [1.29, 1.82) is 0 Å². The highest BCUT2D eigenvalue weighted by molar-refractivity contribution is 8.03. The van der Waals surface area contributed by atoms with Gasteiger partial charge in [0.15, 0.2) is 0 Å². The number of halogens is 1. The number of anilines is 2. The van der Waals surface area contributed by atoms with Gasteiger partial charge in [-0.3, -0.25) is 29.2 Å². The van der Waals surface area contributed by atoms with Gasteiger partial charge in [-0.1, -0.05) is 96.5 Å². The number of para-hydroxylation sites is 1. The van der Waals surface area contributed by atoms with Gasteiger partial charge in [0.05, 0.1) is 23.6 Å². The second kappa shape index (κ2) is 11.7. The van der Waals surface area contributed by atoms with Crippen LogP contribution in [0.1, 0.15) is 35.2 Å². The Bertz CT molecular complexity index is 1660. The van der Waals surface area contributed by atoms with Crippen LogP contribution >= 0.6 is 23.4 Å². The van der Waals surface area contributed by atoms with Crippen LogP contribution in [0.3, 0.4) is 0 Å². The molecule has 2 amide bonds. The molecular formula is C36H35ClN4O2S. The summed E-state index contributed by atoms with van der Waals surface area (Å²) in [6, 6.07) is 35.1. The number of thioether (sulfide) groups is 1. The lowest BCUT2D eigenvalue weighted by molar-refractivity contribution is -0.124. The van der Waals surface area contributed by atoms with E-state index in [2.05, 4.69) is 70.5 Å². The van der Waals surface area contributed by atoms with E-state index in [0.29, 0.717) is 17.4 Å². The number of amides is 2. The Morgan fingerprint density at radius 2 is 1.45 bits per heavy atom. The largest absolute Gasteiger partial charge is 0.295 e. The molecule has 3 heterocycles. The van der Waals surface area contributed by atoms with Crippen LogP contribution in [0.2, 0.25) is 5.02 Å². The van der Waals surface area contributed by atoms with Crippen molar-refractivity contribution in [3.63, 3.8) is 0 Å². The van der Waals surface area contributed by atoms with E-state index >= 15 is 0 Å². The average Bonchev–Trinajstić information content (AvgIpc) is 3.45. The summed E-state index contributed by atoms with van der Waals surface area (Å²) in [5.74, 6) is -0.159. The number of rotatable bonds is 6. The minimum absolute atomic E-state index is 0.0769. The first-order valence-corrected chi connectivity index (χ1v) is 16.4. The standard InChI is InChI=1S/C36H35ClN4O2S/c1-25-17-18-29(23-31(25)37)41-34(42)26(2)44-36(41)30-15-9-10-16-32(30)40(35(36)43)24-38-19-21-39(22-20-38)33(27-11-5-3-6-12-27)28-13-7-4-8-14-28/h3-18,23,26,33H,19-22,24H2,1-2H3/t26-,36-/m1/s1. The summed E-state index contributed by atoms with van der Waals surface area (Å²) in [5.41, 5.74) is 5.86. The maximum Gasteiger partial charge on any atom is 0.269 e. The first-order valence-electron chi connectivity index (χ1n) is 15.1. The molecule has 2 saturated heterocycles. The Morgan fingerprint density at radius 3 is 2.09 bits per heavy atom. The number of aryl methyl sites for hydroxylation is 1. The van der Waals surface area contributed by atoms with Crippen LogP contribution in [0.4, 0.5) is 11.4 Å². The maximum absolute atomic E-state index is 14.7. The summed E-state index contributed by atoms with van der Waals surface area (Å²) in [6.45, 7) is 7.70. The molecule has 44 heavy (non-hydrogen) atoms. The van der Waals surface area contributed by atoms with E-state index in [1.807, 2.05) is 61.2 Å². The Kier molecular flexibility index (Phi) is 7.75. The summed E-state index contributed by atoms with van der Waals surface area (Å²) in [4.78, 5) is 35.7. The SMILES string of the molecule is Cc1ccc(N2C(=O)[C@@H](C)S[C@]23C(=O)N(CN2CCN(C(c4ccccc4)c4ccccc4)CC2)c2ccccc23)cc1Cl. The summed E-state index contributed by atoms with van der Waals surface area (Å²) in [7, 11) is 0. The Hall–Kier alpha value is -3.62. The zero-order chi connectivity index (χ0) is 30.4. The summed E-state index contributed by atoms with van der Waals surface area (Å²) < 4.78 is 0. The van der Waals surface area contributed by atoms with Crippen LogP contribution in [0.15, 0.2) is 103 Å². The first-order chi connectivity index (χ1) is 21.4. The molecule has 0 N–H and O–H groups in total. The molecule has 2 fully saturated rings. The van der Waals surface area contributed by atoms with E-state index in [-0.39, 0.29) is 23.1 Å². The molecule has 4 aromatic rings. The van der Waals surface area contributed by atoms with Gasteiger partial charge in [0.25, 0.3) is 5.91 Å². The first kappa shape index (κ1) is 29.1. The van der Waals surface area contributed by atoms with E-state index in [4.69, 9.17) is 11.6 Å². The molecular weight excluding hydrogens is 588 g/mol. The molecule has 7 rings (SSSR count). The molecule has 2 atom stereocenters. The van der Waals surface area contributed by atoms with Crippen molar-refractivity contribution < 1.29 is 9.59 Å². The van der Waals surface area contributed by atoms with E-state index in [1.165, 1.54) is 22.9 Å². The highest BCUT2D eigenvalue weighted by Crippen LogP contribution is 2.58. The van der Waals surface area contributed by atoms with E-state index in [9.17, 15) is 9.59 Å². The number of carbonyl (C=O) groups is 2. The van der Waals surface area contributed by atoms with Crippen LogP contribution in [-0.2, 0) is 14.5 Å². The van der Waals surface area contributed by atoms with E-state index < -0.39 is 4.87 Å². The minimum atomic E-state index is -1.17. The van der Waals surface area contributed by atoms with Crippen molar-refractivity contribution >= 4 is 46.6 Å². The van der Waals surface area contributed by atoms with Crippen molar-refractivity contribution in [3.05, 3.63) is 130 Å². The molecule has 0 radical (unpaired) electrons. The van der Waals surface area contributed by atoms with Gasteiger partial charge >= 0.3 is 0 Å². The normalized spacial score (nSPS) is 22.4. The fraction of sp³-hybridized carbons (Fsp3) is 0.278. The highest BCUT2D eigenvalue weighted by Gasteiger charge is 2.63. The predicted octanol–water partition coefficient (Wildman–Crippen LogP) is 6.68. The third-order valence-corrected chi connectivity index (χ3v) is 11.0. The molecule has 0 bridgehead atoms. The summed E-state index contributed by atoms with van der Waals surface area (Å²) >= 11 is 7.95. The third-order valence-electron chi connectivity index (χ3n) is 9.08. The van der Waals surface area contributed by atoms with Gasteiger partial charge in [0.2, 0.25) is 10.8 Å². The minimum Gasteiger partial charge on any atom is -0.295 e. The lowest BCUT2D eigenvalue weighted by Gasteiger charge is -2.41. The van der Waals surface area contributed by atoms with Gasteiger partial charge in [-0.15, -0.1) is 11.8 Å². The average molecular weight is 623 g/mol. The second-order valence-electron chi connectivity index (χ2n) is 11.8.